The van der Waals surface area contributed by atoms with Crippen LogP contribution in [-0.4, -0.2) is 40.1 Å². The number of aromatic nitrogens is 3. The molecule has 182 valence electrons. The topological polar surface area (TPSA) is 87.5 Å². The van der Waals surface area contributed by atoms with Gasteiger partial charge in [0.2, 0.25) is 5.91 Å². The van der Waals surface area contributed by atoms with Crippen LogP contribution in [0.15, 0.2) is 53.7 Å². The Morgan fingerprint density at radius 2 is 1.65 bits per heavy atom. The Labute approximate surface area is 205 Å². The predicted octanol–water partition coefficient (Wildman–Crippen LogP) is 5.21. The van der Waals surface area contributed by atoms with Gasteiger partial charge in [-0.05, 0) is 56.2 Å². The van der Waals surface area contributed by atoms with Crippen LogP contribution in [-0.2, 0) is 11.3 Å². The number of nitrogens with one attached hydrogen (secondary N) is 1. The van der Waals surface area contributed by atoms with Gasteiger partial charge in [0.15, 0.2) is 28.6 Å². The SMILES string of the molecule is COc1ccc(NC(=O)C(C)Sc2nnc(C(C)Oc3ccccc3OC)n2CC(C)C)cc1. The molecule has 1 N–H and O–H groups in total. The minimum absolute atomic E-state index is 0.117. The van der Waals surface area contributed by atoms with Crippen molar-refractivity contribution in [2.24, 2.45) is 5.92 Å². The van der Waals surface area contributed by atoms with Crippen LogP contribution in [0.5, 0.6) is 17.2 Å². The third-order valence-electron chi connectivity index (χ3n) is 5.04. The first kappa shape index (κ1) is 25.4. The molecule has 1 amide bonds. The molecule has 0 spiro atoms. The van der Waals surface area contributed by atoms with Gasteiger partial charge in [-0.3, -0.25) is 4.79 Å². The molecule has 0 aliphatic rings. The molecule has 9 heteroatoms. The standard InChI is InChI=1S/C25H32N4O4S/c1-16(2)15-29-23(17(3)33-22-10-8-7-9-21(22)32-6)27-28-25(29)34-18(4)24(30)26-19-11-13-20(31-5)14-12-19/h7-14,16-18H,15H2,1-6H3,(H,26,30). The second-order valence-corrected chi connectivity index (χ2v) is 9.54. The van der Waals surface area contributed by atoms with Gasteiger partial charge < -0.3 is 24.1 Å². The number of carbonyl (C=O) groups is 1. The third kappa shape index (κ3) is 6.44. The summed E-state index contributed by atoms with van der Waals surface area (Å²) in [5.74, 6) is 2.97. The Bertz CT molecular complexity index is 1080. The van der Waals surface area contributed by atoms with Crippen LogP contribution in [0.25, 0.3) is 0 Å². The number of hydrogen-bond acceptors (Lipinski definition) is 7. The molecule has 0 saturated heterocycles. The van der Waals surface area contributed by atoms with Crippen LogP contribution in [0.4, 0.5) is 5.69 Å². The second kappa shape index (κ2) is 11.8. The number of benzene rings is 2. The first-order valence-electron chi connectivity index (χ1n) is 11.2. The summed E-state index contributed by atoms with van der Waals surface area (Å²) < 4.78 is 18.8. The lowest BCUT2D eigenvalue weighted by Gasteiger charge is -2.19. The third-order valence-corrected chi connectivity index (χ3v) is 6.12. The van der Waals surface area contributed by atoms with Gasteiger partial charge in [-0.2, -0.15) is 0 Å². The fourth-order valence-corrected chi connectivity index (χ4v) is 4.18. The zero-order chi connectivity index (χ0) is 24.7. The van der Waals surface area contributed by atoms with Crippen LogP contribution in [0, 0.1) is 5.92 Å². The van der Waals surface area contributed by atoms with Gasteiger partial charge in [0.05, 0.1) is 19.5 Å². The average Bonchev–Trinajstić information content (AvgIpc) is 3.21. The van der Waals surface area contributed by atoms with E-state index in [9.17, 15) is 4.79 Å². The fraction of sp³-hybridized carbons (Fsp3) is 0.400. The number of anilines is 1. The maximum absolute atomic E-state index is 12.8. The van der Waals surface area contributed by atoms with Crippen LogP contribution in [0.3, 0.4) is 0 Å². The first-order valence-corrected chi connectivity index (χ1v) is 12.0. The Hall–Kier alpha value is -3.20. The molecular weight excluding hydrogens is 452 g/mol. The van der Waals surface area contributed by atoms with Gasteiger partial charge in [-0.25, -0.2) is 0 Å². The number of nitrogens with zero attached hydrogens (tertiary/aromatic N) is 3. The highest BCUT2D eigenvalue weighted by atomic mass is 32.2. The maximum Gasteiger partial charge on any atom is 0.237 e. The van der Waals surface area contributed by atoms with Crippen molar-refractivity contribution < 1.29 is 19.0 Å². The number of thioether (sulfide) groups is 1. The van der Waals surface area contributed by atoms with Crippen molar-refractivity contribution in [3.63, 3.8) is 0 Å². The van der Waals surface area contributed by atoms with E-state index in [0.717, 1.165) is 5.75 Å². The summed E-state index contributed by atoms with van der Waals surface area (Å²) in [5, 5.41) is 12.0. The fourth-order valence-electron chi connectivity index (χ4n) is 3.31. The molecule has 1 heterocycles. The highest BCUT2D eigenvalue weighted by Gasteiger charge is 2.24. The number of hydrogen-bond donors (Lipinski definition) is 1. The summed E-state index contributed by atoms with van der Waals surface area (Å²) in [6.07, 6.45) is -0.361. The summed E-state index contributed by atoms with van der Waals surface area (Å²) >= 11 is 1.37. The molecule has 3 aromatic rings. The van der Waals surface area contributed by atoms with E-state index < -0.39 is 0 Å². The molecule has 2 unspecified atom stereocenters. The summed E-state index contributed by atoms with van der Waals surface area (Å²) in [5.41, 5.74) is 0.710. The minimum atomic E-state index is -0.379. The molecule has 0 bridgehead atoms. The Morgan fingerprint density at radius 3 is 2.26 bits per heavy atom. The monoisotopic (exact) mass is 484 g/mol. The number of rotatable bonds is 11. The summed E-state index contributed by atoms with van der Waals surface area (Å²) in [6, 6.07) is 14.7. The minimum Gasteiger partial charge on any atom is -0.497 e. The molecule has 3 rings (SSSR count). The van der Waals surface area contributed by atoms with Crippen molar-refractivity contribution in [2.45, 2.75) is 50.8 Å². The highest BCUT2D eigenvalue weighted by molar-refractivity contribution is 8.00. The van der Waals surface area contributed by atoms with Crippen LogP contribution in [0.1, 0.15) is 39.6 Å². The molecule has 1 aromatic heterocycles. The van der Waals surface area contributed by atoms with Crippen molar-refractivity contribution in [2.75, 3.05) is 19.5 Å². The van der Waals surface area contributed by atoms with E-state index >= 15 is 0 Å². The largest absolute Gasteiger partial charge is 0.497 e. The zero-order valence-electron chi connectivity index (χ0n) is 20.4. The van der Waals surface area contributed by atoms with Gasteiger partial charge >= 0.3 is 0 Å². The number of methoxy groups -OCH3 is 2. The van der Waals surface area contributed by atoms with Crippen molar-refractivity contribution in [3.8, 4) is 17.2 Å². The number of ether oxygens (including phenoxy) is 3. The number of carbonyl (C=O) groups excluding carboxylic acids is 1. The normalized spacial score (nSPS) is 12.8. The van der Waals surface area contributed by atoms with E-state index in [-0.39, 0.29) is 17.3 Å². The Morgan fingerprint density at radius 1 is 0.971 bits per heavy atom. The van der Waals surface area contributed by atoms with Gasteiger partial charge in [0.1, 0.15) is 5.75 Å². The Balaban J connectivity index is 1.75. The van der Waals surface area contributed by atoms with E-state index in [4.69, 9.17) is 14.2 Å². The van der Waals surface area contributed by atoms with Gasteiger partial charge in [-0.15, -0.1) is 10.2 Å². The van der Waals surface area contributed by atoms with E-state index in [2.05, 4.69) is 29.4 Å². The molecule has 2 aromatic carbocycles. The molecule has 0 aliphatic carbocycles. The Kier molecular flexibility index (Phi) is 8.81. The molecule has 0 fully saturated rings. The van der Waals surface area contributed by atoms with Gasteiger partial charge in [0, 0.05) is 12.2 Å². The maximum atomic E-state index is 12.8. The second-order valence-electron chi connectivity index (χ2n) is 8.23. The van der Waals surface area contributed by atoms with Gasteiger partial charge in [0.25, 0.3) is 0 Å². The number of amides is 1. The quantitative estimate of drug-likeness (QED) is 0.374. The lowest BCUT2D eigenvalue weighted by molar-refractivity contribution is -0.115. The molecule has 0 aliphatic heterocycles. The summed E-state index contributed by atoms with van der Waals surface area (Å²) in [6.45, 7) is 8.75. The van der Waals surface area contributed by atoms with Crippen LogP contribution in [0.2, 0.25) is 0 Å². The molecule has 2 atom stereocenters. The predicted molar refractivity (Wildman–Crippen MR) is 134 cm³/mol. The first-order chi connectivity index (χ1) is 16.3. The molecular formula is C25H32N4O4S. The van der Waals surface area contributed by atoms with E-state index in [1.807, 2.05) is 66.9 Å². The molecule has 34 heavy (non-hydrogen) atoms. The van der Waals surface area contributed by atoms with Gasteiger partial charge in [-0.1, -0.05) is 37.7 Å². The highest BCUT2D eigenvalue weighted by Crippen LogP contribution is 2.32. The van der Waals surface area contributed by atoms with Crippen LogP contribution >= 0.6 is 11.8 Å². The molecule has 0 saturated carbocycles. The van der Waals surface area contributed by atoms with Crippen molar-refractivity contribution in [1.82, 2.24) is 14.8 Å². The van der Waals surface area contributed by atoms with E-state index in [1.165, 1.54) is 11.8 Å². The molecule has 0 radical (unpaired) electrons. The van der Waals surface area contributed by atoms with Crippen LogP contribution < -0.4 is 19.5 Å². The van der Waals surface area contributed by atoms with Crippen molar-refractivity contribution in [1.29, 1.82) is 0 Å². The summed E-state index contributed by atoms with van der Waals surface area (Å²) in [7, 11) is 3.22. The zero-order valence-corrected chi connectivity index (χ0v) is 21.3. The lowest BCUT2D eigenvalue weighted by Crippen LogP contribution is -2.23. The lowest BCUT2D eigenvalue weighted by atomic mass is 10.2. The smallest absolute Gasteiger partial charge is 0.237 e. The molecule has 8 nitrogen and oxygen atoms in total. The summed E-state index contributed by atoms with van der Waals surface area (Å²) in [4.78, 5) is 12.8. The van der Waals surface area contributed by atoms with Crippen molar-refractivity contribution in [3.05, 3.63) is 54.4 Å². The van der Waals surface area contributed by atoms with E-state index in [0.29, 0.717) is 40.6 Å². The van der Waals surface area contributed by atoms with Crippen molar-refractivity contribution >= 4 is 23.4 Å². The average molecular weight is 485 g/mol. The number of para-hydroxylation sites is 2. The van der Waals surface area contributed by atoms with E-state index in [1.54, 1.807) is 14.2 Å².